The fraction of sp³-hybridized carbons (Fsp3) is 0.200. The minimum absolute atomic E-state index is 0.650. The molecular formula is C15H13ClN4. The lowest BCUT2D eigenvalue weighted by atomic mass is 10.1. The fourth-order valence-corrected chi connectivity index (χ4v) is 2.72. The number of rotatable bonds is 2. The topological polar surface area (TPSA) is 46.5 Å². The zero-order chi connectivity index (χ0) is 14.3. The van der Waals surface area contributed by atoms with Crippen molar-refractivity contribution in [2.75, 3.05) is 0 Å². The fourth-order valence-electron chi connectivity index (χ4n) is 2.48. The zero-order valence-corrected chi connectivity index (χ0v) is 12.0. The first-order valence-corrected chi connectivity index (χ1v) is 6.65. The van der Waals surface area contributed by atoms with Crippen molar-refractivity contribution in [3.05, 3.63) is 52.4 Å². The van der Waals surface area contributed by atoms with Gasteiger partial charge in [-0.25, -0.2) is 0 Å². The molecule has 0 radical (unpaired) electrons. The SMILES string of the molecule is Cc1nn(C)c(Cl)c1Cn1ccc2c(C#N)cccc21. The number of aryl methyl sites for hydroxylation is 2. The molecule has 0 aliphatic carbocycles. The maximum atomic E-state index is 9.13. The van der Waals surface area contributed by atoms with Gasteiger partial charge in [-0.05, 0) is 25.1 Å². The standard InChI is InChI=1S/C15H13ClN4/c1-10-13(15(16)19(2)18-10)9-20-7-6-12-11(8-17)4-3-5-14(12)20/h3-7H,9H2,1-2H3. The van der Waals surface area contributed by atoms with Crippen molar-refractivity contribution in [1.29, 1.82) is 5.26 Å². The number of nitrogens with zero attached hydrogens (tertiary/aromatic N) is 4. The third-order valence-corrected chi connectivity index (χ3v) is 4.01. The highest BCUT2D eigenvalue weighted by molar-refractivity contribution is 6.30. The quantitative estimate of drug-likeness (QED) is 0.725. The molecule has 5 heteroatoms. The molecule has 0 spiro atoms. The highest BCUT2D eigenvalue weighted by atomic mass is 35.5. The monoisotopic (exact) mass is 284 g/mol. The van der Waals surface area contributed by atoms with Crippen LogP contribution in [0, 0.1) is 18.3 Å². The molecule has 3 aromatic rings. The van der Waals surface area contributed by atoms with Crippen LogP contribution in [0.25, 0.3) is 10.9 Å². The molecule has 0 N–H and O–H groups in total. The van der Waals surface area contributed by atoms with Crippen molar-refractivity contribution >= 4 is 22.5 Å². The Labute approximate surface area is 121 Å². The molecule has 0 bridgehead atoms. The van der Waals surface area contributed by atoms with E-state index in [-0.39, 0.29) is 0 Å². The number of aromatic nitrogens is 3. The van der Waals surface area contributed by atoms with Gasteiger partial charge in [-0.3, -0.25) is 4.68 Å². The van der Waals surface area contributed by atoms with Crippen LogP contribution in [0.4, 0.5) is 0 Å². The van der Waals surface area contributed by atoms with Crippen LogP contribution in [0.2, 0.25) is 5.15 Å². The summed E-state index contributed by atoms with van der Waals surface area (Å²) in [6, 6.07) is 9.92. The Balaban J connectivity index is 2.10. The Kier molecular flexibility index (Phi) is 3.00. The number of halogens is 1. The van der Waals surface area contributed by atoms with E-state index in [1.165, 1.54) is 0 Å². The molecule has 0 fully saturated rings. The predicted octanol–water partition coefficient (Wildman–Crippen LogP) is 3.26. The number of fused-ring (bicyclic) bond motifs is 1. The zero-order valence-electron chi connectivity index (χ0n) is 11.3. The maximum Gasteiger partial charge on any atom is 0.131 e. The minimum Gasteiger partial charge on any atom is -0.343 e. The van der Waals surface area contributed by atoms with Crippen LogP contribution in [0.15, 0.2) is 30.5 Å². The van der Waals surface area contributed by atoms with Crippen molar-refractivity contribution in [3.8, 4) is 6.07 Å². The lowest BCUT2D eigenvalue weighted by molar-refractivity contribution is 0.757. The summed E-state index contributed by atoms with van der Waals surface area (Å²) in [5.74, 6) is 0. The molecule has 4 nitrogen and oxygen atoms in total. The van der Waals surface area contributed by atoms with E-state index in [9.17, 15) is 0 Å². The molecule has 0 atom stereocenters. The van der Waals surface area contributed by atoms with Gasteiger partial charge < -0.3 is 4.57 Å². The first-order valence-electron chi connectivity index (χ1n) is 6.27. The van der Waals surface area contributed by atoms with Crippen molar-refractivity contribution in [2.24, 2.45) is 7.05 Å². The van der Waals surface area contributed by atoms with E-state index in [2.05, 4.69) is 15.7 Å². The van der Waals surface area contributed by atoms with Gasteiger partial charge in [-0.2, -0.15) is 10.4 Å². The Morgan fingerprint density at radius 2 is 2.15 bits per heavy atom. The molecule has 0 saturated heterocycles. The average molecular weight is 285 g/mol. The van der Waals surface area contributed by atoms with E-state index < -0.39 is 0 Å². The van der Waals surface area contributed by atoms with Crippen LogP contribution < -0.4 is 0 Å². The van der Waals surface area contributed by atoms with Gasteiger partial charge in [-0.15, -0.1) is 0 Å². The van der Waals surface area contributed by atoms with Gasteiger partial charge in [0.2, 0.25) is 0 Å². The Morgan fingerprint density at radius 1 is 1.35 bits per heavy atom. The van der Waals surface area contributed by atoms with Crippen molar-refractivity contribution in [3.63, 3.8) is 0 Å². The van der Waals surface area contributed by atoms with E-state index >= 15 is 0 Å². The molecule has 0 saturated carbocycles. The summed E-state index contributed by atoms with van der Waals surface area (Å²) < 4.78 is 3.77. The smallest absolute Gasteiger partial charge is 0.131 e. The van der Waals surface area contributed by atoms with E-state index in [0.29, 0.717) is 17.3 Å². The van der Waals surface area contributed by atoms with Gasteiger partial charge in [-0.1, -0.05) is 17.7 Å². The predicted molar refractivity (Wildman–Crippen MR) is 78.7 cm³/mol. The molecule has 100 valence electrons. The highest BCUT2D eigenvalue weighted by Crippen LogP contribution is 2.24. The largest absolute Gasteiger partial charge is 0.343 e. The lowest BCUT2D eigenvalue weighted by Crippen LogP contribution is -1.99. The second kappa shape index (κ2) is 4.69. The molecule has 0 aliphatic rings. The number of nitriles is 1. The summed E-state index contributed by atoms with van der Waals surface area (Å²) in [5, 5.41) is 15.1. The van der Waals surface area contributed by atoms with Crippen LogP contribution in [0.3, 0.4) is 0 Å². The number of benzene rings is 1. The molecule has 1 aromatic carbocycles. The van der Waals surface area contributed by atoms with Crippen molar-refractivity contribution in [1.82, 2.24) is 14.3 Å². The van der Waals surface area contributed by atoms with Crippen molar-refractivity contribution in [2.45, 2.75) is 13.5 Å². The highest BCUT2D eigenvalue weighted by Gasteiger charge is 2.13. The number of hydrogen-bond acceptors (Lipinski definition) is 2. The second-order valence-electron chi connectivity index (χ2n) is 4.77. The summed E-state index contributed by atoms with van der Waals surface area (Å²) in [4.78, 5) is 0. The van der Waals surface area contributed by atoms with Gasteiger partial charge in [0.05, 0.1) is 23.9 Å². The summed E-state index contributed by atoms with van der Waals surface area (Å²) in [5.41, 5.74) is 3.66. The lowest BCUT2D eigenvalue weighted by Gasteiger charge is -2.05. The normalized spacial score (nSPS) is 10.9. The van der Waals surface area contributed by atoms with Crippen LogP contribution in [0.5, 0.6) is 0 Å². The Hall–Kier alpha value is -2.25. The second-order valence-corrected chi connectivity index (χ2v) is 5.13. The van der Waals surface area contributed by atoms with Gasteiger partial charge in [0, 0.05) is 29.7 Å². The van der Waals surface area contributed by atoms with Crippen molar-refractivity contribution < 1.29 is 0 Å². The van der Waals surface area contributed by atoms with E-state index in [4.69, 9.17) is 16.9 Å². The molecule has 0 aliphatic heterocycles. The van der Waals surface area contributed by atoms with Crippen LogP contribution in [-0.4, -0.2) is 14.3 Å². The third-order valence-electron chi connectivity index (χ3n) is 3.53. The summed E-state index contributed by atoms with van der Waals surface area (Å²) >= 11 is 6.28. The third kappa shape index (κ3) is 1.87. The summed E-state index contributed by atoms with van der Waals surface area (Å²) in [6.07, 6.45) is 1.98. The maximum absolute atomic E-state index is 9.13. The molecule has 0 amide bonds. The van der Waals surface area contributed by atoms with Gasteiger partial charge in [0.25, 0.3) is 0 Å². The summed E-state index contributed by atoms with van der Waals surface area (Å²) in [6.45, 7) is 2.60. The minimum atomic E-state index is 0.650. The molecule has 0 unspecified atom stereocenters. The number of hydrogen-bond donors (Lipinski definition) is 0. The van der Waals surface area contributed by atoms with Crippen LogP contribution in [-0.2, 0) is 13.6 Å². The first kappa shape index (κ1) is 12.8. The molecule has 3 rings (SSSR count). The van der Waals surface area contributed by atoms with Crippen LogP contribution >= 0.6 is 11.6 Å². The van der Waals surface area contributed by atoms with E-state index in [1.54, 1.807) is 4.68 Å². The molecule has 2 aromatic heterocycles. The van der Waals surface area contributed by atoms with E-state index in [1.807, 2.05) is 44.4 Å². The Bertz CT molecular complexity index is 836. The van der Waals surface area contributed by atoms with Crippen LogP contribution in [0.1, 0.15) is 16.8 Å². The molecule has 2 heterocycles. The summed E-state index contributed by atoms with van der Waals surface area (Å²) in [7, 11) is 1.83. The average Bonchev–Trinajstić information content (AvgIpc) is 2.96. The molecular weight excluding hydrogens is 272 g/mol. The van der Waals surface area contributed by atoms with Gasteiger partial charge >= 0.3 is 0 Å². The molecule has 20 heavy (non-hydrogen) atoms. The van der Waals surface area contributed by atoms with E-state index in [0.717, 1.165) is 22.2 Å². The first-order chi connectivity index (χ1) is 9.61. The van der Waals surface area contributed by atoms with Gasteiger partial charge in [0.15, 0.2) is 0 Å². The van der Waals surface area contributed by atoms with Gasteiger partial charge in [0.1, 0.15) is 5.15 Å². The Morgan fingerprint density at radius 3 is 2.80 bits per heavy atom.